The quantitative estimate of drug-likeness (QED) is 0.811. The Balaban J connectivity index is 1.58. The Morgan fingerprint density at radius 2 is 1.93 bits per heavy atom. The highest BCUT2D eigenvalue weighted by Crippen LogP contribution is 2.21. The van der Waals surface area contributed by atoms with Gasteiger partial charge in [-0.3, -0.25) is 9.69 Å². The first-order chi connectivity index (χ1) is 12.8. The van der Waals surface area contributed by atoms with Crippen LogP contribution in [0.25, 0.3) is 0 Å². The number of aryl methyl sites for hydroxylation is 1. The van der Waals surface area contributed by atoms with Crippen LogP contribution in [0.1, 0.15) is 5.76 Å². The summed E-state index contributed by atoms with van der Waals surface area (Å²) >= 11 is 0. The van der Waals surface area contributed by atoms with E-state index in [0.717, 1.165) is 16.4 Å². The number of benzene rings is 1. The molecule has 0 unspecified atom stereocenters. The number of amides is 1. The van der Waals surface area contributed by atoms with Crippen LogP contribution in [0.5, 0.6) is 0 Å². The zero-order valence-corrected chi connectivity index (χ0v) is 15.3. The molecule has 0 atom stereocenters. The minimum atomic E-state index is -4.14. The van der Waals surface area contributed by atoms with Crippen molar-refractivity contribution in [3.8, 4) is 0 Å². The third-order valence-corrected chi connectivity index (χ3v) is 6.02. The Hall–Kier alpha value is -2.37. The van der Waals surface area contributed by atoms with E-state index in [4.69, 9.17) is 4.52 Å². The maximum absolute atomic E-state index is 13.8. The third kappa shape index (κ3) is 4.49. The molecule has 2 aromatic rings. The van der Waals surface area contributed by atoms with Crippen LogP contribution in [0.4, 0.5) is 14.6 Å². The maximum Gasteiger partial charge on any atom is 0.246 e. The lowest BCUT2D eigenvalue weighted by Gasteiger charge is -2.33. The van der Waals surface area contributed by atoms with Gasteiger partial charge in [0.1, 0.15) is 22.3 Å². The van der Waals surface area contributed by atoms with E-state index < -0.39 is 26.6 Å². The maximum atomic E-state index is 13.8. The van der Waals surface area contributed by atoms with Gasteiger partial charge in [-0.15, -0.1) is 0 Å². The van der Waals surface area contributed by atoms with Gasteiger partial charge >= 0.3 is 0 Å². The van der Waals surface area contributed by atoms with Gasteiger partial charge in [0, 0.05) is 32.2 Å². The van der Waals surface area contributed by atoms with Crippen molar-refractivity contribution in [3.05, 3.63) is 41.7 Å². The normalized spacial score (nSPS) is 16.4. The molecule has 1 saturated heterocycles. The molecular formula is C16H18F2N4O4S. The summed E-state index contributed by atoms with van der Waals surface area (Å²) in [6.07, 6.45) is 0. The number of hydrogen-bond donors (Lipinski definition) is 1. The molecule has 0 bridgehead atoms. The molecule has 1 N–H and O–H groups in total. The molecule has 0 radical (unpaired) electrons. The predicted octanol–water partition coefficient (Wildman–Crippen LogP) is 1.21. The third-order valence-electron chi connectivity index (χ3n) is 4.11. The Kier molecular flexibility index (Phi) is 5.53. The SMILES string of the molecule is Cc1cc(NC(=O)CN2CCN(S(=O)(=O)c3cc(F)ccc3F)CC2)no1. The first kappa shape index (κ1) is 19.4. The summed E-state index contributed by atoms with van der Waals surface area (Å²) in [5.74, 6) is -1.26. The van der Waals surface area contributed by atoms with Gasteiger partial charge in [0.2, 0.25) is 15.9 Å². The van der Waals surface area contributed by atoms with E-state index >= 15 is 0 Å². The Morgan fingerprint density at radius 1 is 1.22 bits per heavy atom. The summed E-state index contributed by atoms with van der Waals surface area (Å²) in [4.78, 5) is 13.1. The van der Waals surface area contributed by atoms with E-state index in [0.29, 0.717) is 17.6 Å². The number of hydrogen-bond acceptors (Lipinski definition) is 6. The van der Waals surface area contributed by atoms with Crippen molar-refractivity contribution in [2.24, 2.45) is 0 Å². The molecular weight excluding hydrogens is 382 g/mol. The summed E-state index contributed by atoms with van der Waals surface area (Å²) in [5.41, 5.74) is 0. The fourth-order valence-electron chi connectivity index (χ4n) is 2.75. The van der Waals surface area contributed by atoms with Crippen LogP contribution in [-0.4, -0.2) is 61.4 Å². The molecule has 0 aliphatic carbocycles. The molecule has 27 heavy (non-hydrogen) atoms. The fraction of sp³-hybridized carbons (Fsp3) is 0.375. The number of carbonyl (C=O) groups is 1. The number of sulfonamides is 1. The number of nitrogens with one attached hydrogen (secondary N) is 1. The number of nitrogens with zero attached hydrogens (tertiary/aromatic N) is 3. The van der Waals surface area contributed by atoms with Crippen molar-refractivity contribution in [3.63, 3.8) is 0 Å². The van der Waals surface area contributed by atoms with Crippen LogP contribution in [-0.2, 0) is 14.8 Å². The standard InChI is InChI=1S/C16H18F2N4O4S/c1-11-8-15(20-26-11)19-16(23)10-21-4-6-22(7-5-21)27(24,25)14-9-12(17)2-3-13(14)18/h2-3,8-9H,4-7,10H2,1H3,(H,19,20,23). The average Bonchev–Trinajstić information content (AvgIpc) is 3.02. The Labute approximate surface area is 154 Å². The summed E-state index contributed by atoms with van der Waals surface area (Å²) in [6, 6.07) is 3.90. The summed E-state index contributed by atoms with van der Waals surface area (Å²) in [6.45, 7) is 2.43. The van der Waals surface area contributed by atoms with E-state index in [1.165, 1.54) is 0 Å². The first-order valence-corrected chi connectivity index (χ1v) is 9.60. The first-order valence-electron chi connectivity index (χ1n) is 8.16. The second-order valence-corrected chi connectivity index (χ2v) is 8.03. The molecule has 1 aliphatic rings. The zero-order valence-electron chi connectivity index (χ0n) is 14.5. The van der Waals surface area contributed by atoms with Crippen molar-refractivity contribution < 1.29 is 26.5 Å². The van der Waals surface area contributed by atoms with Crippen molar-refractivity contribution in [1.29, 1.82) is 0 Å². The Morgan fingerprint density at radius 3 is 2.56 bits per heavy atom. The molecule has 1 amide bonds. The highest BCUT2D eigenvalue weighted by molar-refractivity contribution is 7.89. The number of rotatable bonds is 5. The molecule has 2 heterocycles. The van der Waals surface area contributed by atoms with Gasteiger partial charge in [0.25, 0.3) is 0 Å². The van der Waals surface area contributed by atoms with E-state index in [1.54, 1.807) is 17.9 Å². The highest BCUT2D eigenvalue weighted by atomic mass is 32.2. The fourth-order valence-corrected chi connectivity index (χ4v) is 4.25. The van der Waals surface area contributed by atoms with Crippen LogP contribution in [0, 0.1) is 18.6 Å². The molecule has 8 nitrogen and oxygen atoms in total. The average molecular weight is 400 g/mol. The molecule has 0 saturated carbocycles. The predicted molar refractivity (Wildman–Crippen MR) is 91.4 cm³/mol. The smallest absolute Gasteiger partial charge is 0.246 e. The lowest BCUT2D eigenvalue weighted by Crippen LogP contribution is -2.50. The largest absolute Gasteiger partial charge is 0.360 e. The van der Waals surface area contributed by atoms with E-state index in [-0.39, 0.29) is 38.6 Å². The van der Waals surface area contributed by atoms with Gasteiger partial charge in [-0.05, 0) is 25.1 Å². The molecule has 1 aromatic carbocycles. The molecule has 11 heteroatoms. The van der Waals surface area contributed by atoms with E-state index in [9.17, 15) is 22.0 Å². The lowest BCUT2D eigenvalue weighted by molar-refractivity contribution is -0.117. The molecule has 0 spiro atoms. The summed E-state index contributed by atoms with van der Waals surface area (Å²) in [7, 11) is -4.14. The van der Waals surface area contributed by atoms with Crippen molar-refractivity contribution in [2.75, 3.05) is 38.0 Å². The van der Waals surface area contributed by atoms with Gasteiger partial charge in [-0.25, -0.2) is 17.2 Å². The molecule has 146 valence electrons. The minimum Gasteiger partial charge on any atom is -0.360 e. The van der Waals surface area contributed by atoms with Crippen LogP contribution in [0.15, 0.2) is 33.7 Å². The van der Waals surface area contributed by atoms with Gasteiger partial charge in [-0.2, -0.15) is 4.31 Å². The zero-order chi connectivity index (χ0) is 19.6. The van der Waals surface area contributed by atoms with Crippen LogP contribution in [0.3, 0.4) is 0 Å². The van der Waals surface area contributed by atoms with Gasteiger partial charge in [0.05, 0.1) is 6.54 Å². The number of anilines is 1. The second-order valence-electron chi connectivity index (χ2n) is 6.13. The summed E-state index contributed by atoms with van der Waals surface area (Å²) < 4.78 is 58.2. The van der Waals surface area contributed by atoms with Gasteiger partial charge in [-0.1, -0.05) is 5.16 Å². The van der Waals surface area contributed by atoms with Gasteiger partial charge in [0.15, 0.2) is 5.82 Å². The summed E-state index contributed by atoms with van der Waals surface area (Å²) in [5, 5.41) is 6.25. The van der Waals surface area contributed by atoms with Crippen LogP contribution >= 0.6 is 0 Å². The number of halogens is 2. The van der Waals surface area contributed by atoms with Crippen molar-refractivity contribution >= 4 is 21.7 Å². The van der Waals surface area contributed by atoms with E-state index in [1.807, 2.05) is 0 Å². The molecule has 1 fully saturated rings. The number of carbonyl (C=O) groups excluding carboxylic acids is 1. The van der Waals surface area contributed by atoms with Crippen LogP contribution < -0.4 is 5.32 Å². The molecule has 1 aromatic heterocycles. The minimum absolute atomic E-state index is 0.0497. The van der Waals surface area contributed by atoms with Crippen molar-refractivity contribution in [2.45, 2.75) is 11.8 Å². The van der Waals surface area contributed by atoms with Crippen LogP contribution in [0.2, 0.25) is 0 Å². The lowest BCUT2D eigenvalue weighted by atomic mass is 10.3. The van der Waals surface area contributed by atoms with E-state index in [2.05, 4.69) is 10.5 Å². The van der Waals surface area contributed by atoms with Gasteiger partial charge < -0.3 is 9.84 Å². The topological polar surface area (TPSA) is 95.8 Å². The monoisotopic (exact) mass is 400 g/mol. The molecule has 1 aliphatic heterocycles. The number of aromatic nitrogens is 1. The number of piperazine rings is 1. The Bertz CT molecular complexity index is 940. The van der Waals surface area contributed by atoms with Crippen molar-refractivity contribution in [1.82, 2.24) is 14.4 Å². The highest BCUT2D eigenvalue weighted by Gasteiger charge is 2.31. The molecule has 3 rings (SSSR count). The second kappa shape index (κ2) is 7.71.